The zero-order valence-electron chi connectivity index (χ0n) is 20.3. The van der Waals surface area contributed by atoms with Crippen molar-refractivity contribution in [2.45, 2.75) is 0 Å². The third-order valence-electron chi connectivity index (χ3n) is 6.42. The average Bonchev–Trinajstić information content (AvgIpc) is 2.95. The van der Waals surface area contributed by atoms with Crippen molar-refractivity contribution < 1.29 is 13.5 Å². The maximum atomic E-state index is 15.3. The Kier molecular flexibility index (Phi) is 7.13. The topological polar surface area (TPSA) is 9.23 Å². The minimum atomic E-state index is -2.91. The van der Waals surface area contributed by atoms with E-state index in [1.807, 2.05) is 54.6 Å². The number of rotatable bonds is 5. The van der Waals surface area contributed by atoms with Gasteiger partial charge in [0, 0.05) is 0 Å². The van der Waals surface area contributed by atoms with E-state index in [0.717, 1.165) is 22.0 Å². The van der Waals surface area contributed by atoms with Gasteiger partial charge in [-0.05, 0) is 0 Å². The maximum absolute atomic E-state index is 15.3. The number of benzene rings is 5. The van der Waals surface area contributed by atoms with Crippen molar-refractivity contribution in [2.75, 3.05) is 7.11 Å². The Labute approximate surface area is 216 Å². The molecule has 0 unspecified atom stereocenters. The quantitative estimate of drug-likeness (QED) is 0.191. The summed E-state index contributed by atoms with van der Waals surface area (Å²) in [7, 11) is -1.36. The molecule has 0 saturated heterocycles. The van der Waals surface area contributed by atoms with Gasteiger partial charge in [0.25, 0.3) is 0 Å². The molecule has 0 fully saturated rings. The van der Waals surface area contributed by atoms with Gasteiger partial charge < -0.3 is 0 Å². The van der Waals surface area contributed by atoms with Gasteiger partial charge in [-0.3, -0.25) is 0 Å². The summed E-state index contributed by atoms with van der Waals surface area (Å²) in [6, 6.07) is 39.8. The summed E-state index contributed by atoms with van der Waals surface area (Å²) in [4.78, 5) is 0. The van der Waals surface area contributed by atoms with Crippen LogP contribution in [0, 0.1) is 23.2 Å². The average molecular weight is 507 g/mol. The second kappa shape index (κ2) is 10.8. The number of hydrogen-bond donors (Lipinski definition) is 0. The molecule has 5 aromatic rings. The Balaban J connectivity index is 1.81. The van der Waals surface area contributed by atoms with Crippen molar-refractivity contribution in [1.82, 2.24) is 0 Å². The van der Waals surface area contributed by atoms with Crippen molar-refractivity contribution in [2.24, 2.45) is 0 Å². The van der Waals surface area contributed by atoms with E-state index < -0.39 is 18.9 Å². The van der Waals surface area contributed by atoms with Gasteiger partial charge in [0.2, 0.25) is 0 Å². The van der Waals surface area contributed by atoms with Gasteiger partial charge >= 0.3 is 217 Å². The van der Waals surface area contributed by atoms with Crippen LogP contribution in [0.3, 0.4) is 0 Å². The molecule has 182 valence electrons. The van der Waals surface area contributed by atoms with E-state index >= 15 is 4.39 Å². The standard InChI is InChI=1S/C33H25F2OP/c1-36-28-13-11-12-25(23-28)33-26(22-27(34)24-32(33)35)20-21-37(29-14-5-2-6-15-29,30-16-7-3-8-17-30)31-18-9-4-10-19-31/h2-19,22-24,37H,1H3. The molecule has 5 aromatic carbocycles. The first kappa shape index (κ1) is 24.4. The molecule has 0 aliphatic rings. The molecule has 0 saturated carbocycles. The monoisotopic (exact) mass is 506 g/mol. The van der Waals surface area contributed by atoms with Gasteiger partial charge in [-0.15, -0.1) is 0 Å². The molecular formula is C33H25F2OP. The summed E-state index contributed by atoms with van der Waals surface area (Å²) < 4.78 is 35.2. The summed E-state index contributed by atoms with van der Waals surface area (Å²) >= 11 is 0. The van der Waals surface area contributed by atoms with Crippen LogP contribution < -0.4 is 20.7 Å². The van der Waals surface area contributed by atoms with Crippen LogP contribution in [-0.4, -0.2) is 7.11 Å². The molecule has 0 amide bonds. The van der Waals surface area contributed by atoms with Crippen LogP contribution in [0.5, 0.6) is 5.75 Å². The van der Waals surface area contributed by atoms with E-state index in [-0.39, 0.29) is 5.56 Å². The fourth-order valence-corrected chi connectivity index (χ4v) is 8.52. The predicted octanol–water partition coefficient (Wildman–Crippen LogP) is 6.68. The van der Waals surface area contributed by atoms with Crippen LogP contribution in [0.4, 0.5) is 8.78 Å². The molecule has 0 radical (unpaired) electrons. The summed E-state index contributed by atoms with van der Waals surface area (Å²) in [5.41, 5.74) is 4.74. The number of ether oxygens (including phenoxy) is 1. The van der Waals surface area contributed by atoms with Gasteiger partial charge in [-0.2, -0.15) is 0 Å². The summed E-state index contributed by atoms with van der Waals surface area (Å²) in [5.74, 6) is 2.51. The molecule has 0 atom stereocenters. The Morgan fingerprint density at radius 1 is 0.622 bits per heavy atom. The first-order chi connectivity index (χ1) is 18.1. The van der Waals surface area contributed by atoms with Crippen LogP contribution >= 0.6 is 7.26 Å². The van der Waals surface area contributed by atoms with Gasteiger partial charge in [-0.25, -0.2) is 0 Å². The van der Waals surface area contributed by atoms with Gasteiger partial charge in [-0.1, -0.05) is 0 Å². The van der Waals surface area contributed by atoms with Crippen LogP contribution in [0.2, 0.25) is 0 Å². The summed E-state index contributed by atoms with van der Waals surface area (Å²) in [5, 5.41) is 3.29. The second-order valence-corrected chi connectivity index (χ2v) is 12.1. The summed E-state index contributed by atoms with van der Waals surface area (Å²) in [6.45, 7) is 0. The number of methoxy groups -OCH3 is 1. The van der Waals surface area contributed by atoms with Crippen molar-refractivity contribution in [1.29, 1.82) is 0 Å². The second-order valence-electron chi connectivity index (χ2n) is 8.64. The molecular weight excluding hydrogens is 481 g/mol. The summed E-state index contributed by atoms with van der Waals surface area (Å²) in [6.07, 6.45) is 0. The van der Waals surface area contributed by atoms with Crippen LogP contribution in [0.25, 0.3) is 11.1 Å². The minimum absolute atomic E-state index is 0.255. The Hall–Kier alpha value is -4.25. The first-order valence-electron chi connectivity index (χ1n) is 11.9. The van der Waals surface area contributed by atoms with E-state index in [9.17, 15) is 4.39 Å². The van der Waals surface area contributed by atoms with Crippen molar-refractivity contribution in [3.63, 3.8) is 0 Å². The zero-order valence-corrected chi connectivity index (χ0v) is 21.3. The molecule has 37 heavy (non-hydrogen) atoms. The fourth-order valence-electron chi connectivity index (χ4n) is 4.69. The van der Waals surface area contributed by atoms with E-state index in [1.54, 1.807) is 31.4 Å². The first-order valence-corrected chi connectivity index (χ1v) is 13.9. The van der Waals surface area contributed by atoms with E-state index in [0.29, 0.717) is 16.9 Å². The Morgan fingerprint density at radius 2 is 1.16 bits per heavy atom. The van der Waals surface area contributed by atoms with Crippen molar-refractivity contribution in [3.8, 4) is 28.5 Å². The molecule has 0 aliphatic heterocycles. The number of halogens is 2. The third kappa shape index (κ3) is 4.90. The molecule has 1 nitrogen and oxygen atoms in total. The predicted molar refractivity (Wildman–Crippen MR) is 152 cm³/mol. The van der Waals surface area contributed by atoms with Crippen LogP contribution in [-0.2, 0) is 0 Å². The molecule has 0 bridgehead atoms. The van der Waals surface area contributed by atoms with Crippen molar-refractivity contribution >= 4 is 23.2 Å². The SMILES string of the molecule is COc1cccc(-c2c(F)cc(F)cc2C#C[PH](c2ccccc2)(c2ccccc2)c2ccccc2)c1. The van der Waals surface area contributed by atoms with Crippen LogP contribution in [0.15, 0.2) is 127 Å². The normalized spacial score (nSPS) is 11.3. The van der Waals surface area contributed by atoms with Crippen LogP contribution in [0.1, 0.15) is 5.56 Å². The molecule has 4 heteroatoms. The van der Waals surface area contributed by atoms with E-state index in [1.165, 1.54) is 6.07 Å². The Morgan fingerprint density at radius 3 is 1.68 bits per heavy atom. The molecule has 0 aromatic heterocycles. The molecule has 0 N–H and O–H groups in total. The van der Waals surface area contributed by atoms with Crippen molar-refractivity contribution in [3.05, 3.63) is 145 Å². The Bertz CT molecular complexity index is 1480. The van der Waals surface area contributed by atoms with Gasteiger partial charge in [0.05, 0.1) is 0 Å². The molecule has 0 spiro atoms. The fraction of sp³-hybridized carbons (Fsp3) is 0.0303. The molecule has 5 rings (SSSR count). The van der Waals surface area contributed by atoms with Gasteiger partial charge in [0.15, 0.2) is 0 Å². The van der Waals surface area contributed by atoms with E-state index in [4.69, 9.17) is 4.74 Å². The number of hydrogen-bond acceptors (Lipinski definition) is 1. The van der Waals surface area contributed by atoms with Gasteiger partial charge in [0.1, 0.15) is 0 Å². The molecule has 0 heterocycles. The molecule has 0 aliphatic carbocycles. The third-order valence-corrected chi connectivity index (χ3v) is 10.5. The zero-order chi connectivity index (χ0) is 25.7. The van der Waals surface area contributed by atoms with E-state index in [2.05, 4.69) is 48.0 Å².